The monoisotopic (exact) mass is 615 g/mol. The maximum atomic E-state index is 13.1. The number of fused-ring (bicyclic) bond motifs is 3. The minimum absolute atomic E-state index is 0.0535. The van der Waals surface area contributed by atoms with Crippen molar-refractivity contribution in [2.75, 3.05) is 39.5 Å². The van der Waals surface area contributed by atoms with E-state index in [4.69, 9.17) is 9.47 Å². The van der Waals surface area contributed by atoms with Crippen LogP contribution in [-0.4, -0.2) is 65.7 Å². The van der Waals surface area contributed by atoms with Gasteiger partial charge in [0.05, 0.1) is 37.5 Å². The van der Waals surface area contributed by atoms with Gasteiger partial charge in [0.2, 0.25) is 5.91 Å². The second kappa shape index (κ2) is 15.7. The molecule has 2 aromatic heterocycles. The van der Waals surface area contributed by atoms with Gasteiger partial charge in [-0.25, -0.2) is 0 Å². The number of aryl methyl sites for hydroxylation is 1. The number of carbonyl (C=O) groups excluding carboxylic acids is 2. The van der Waals surface area contributed by atoms with Gasteiger partial charge in [0, 0.05) is 54.8 Å². The highest BCUT2D eigenvalue weighted by atomic mass is 19.4. The fourth-order valence-electron chi connectivity index (χ4n) is 5.00. The zero-order chi connectivity index (χ0) is 31.5. The topological polar surface area (TPSA) is 99.4 Å². The lowest BCUT2D eigenvalue weighted by atomic mass is 10.1. The third-order valence-corrected chi connectivity index (χ3v) is 7.24. The van der Waals surface area contributed by atoms with E-state index in [0.29, 0.717) is 62.8 Å². The third kappa shape index (κ3) is 8.82. The molecule has 2 amide bonds. The molecular weight excluding hydrogens is 575 g/mol. The molecule has 9 nitrogen and oxygen atoms in total. The Kier molecular flexibility index (Phi) is 11.8. The predicted molar refractivity (Wildman–Crippen MR) is 163 cm³/mol. The Balaban J connectivity index is 1.21. The molecule has 0 aliphatic rings. The Morgan fingerprint density at radius 3 is 2.23 bits per heavy atom. The Bertz CT molecular complexity index is 1530. The first-order valence-electron chi connectivity index (χ1n) is 15.0. The summed E-state index contributed by atoms with van der Waals surface area (Å²) in [5.74, 6) is -0.218. The van der Waals surface area contributed by atoms with E-state index in [-0.39, 0.29) is 11.8 Å². The summed E-state index contributed by atoms with van der Waals surface area (Å²) in [6.07, 6.45) is 3.52. The number of hydrogen-bond donors (Lipinski definition) is 2. The van der Waals surface area contributed by atoms with Crippen molar-refractivity contribution in [2.45, 2.75) is 51.6 Å². The molecule has 238 valence electrons. The molecule has 2 heterocycles. The minimum atomic E-state index is -4.43. The van der Waals surface area contributed by atoms with Gasteiger partial charge in [-0.2, -0.15) is 18.3 Å². The molecule has 0 radical (unpaired) electrons. The molecule has 0 saturated carbocycles. The largest absolute Gasteiger partial charge is 0.416 e. The van der Waals surface area contributed by atoms with E-state index in [1.165, 1.54) is 31.4 Å². The molecule has 2 N–H and O–H groups in total. The Hall–Kier alpha value is -3.90. The molecule has 4 rings (SSSR count). The van der Waals surface area contributed by atoms with Gasteiger partial charge in [0.25, 0.3) is 5.91 Å². The third-order valence-electron chi connectivity index (χ3n) is 7.24. The van der Waals surface area contributed by atoms with Crippen LogP contribution < -0.4 is 10.6 Å². The van der Waals surface area contributed by atoms with Crippen LogP contribution in [0.15, 0.2) is 48.7 Å². The van der Waals surface area contributed by atoms with Crippen molar-refractivity contribution < 1.29 is 32.2 Å². The molecule has 0 saturated heterocycles. The van der Waals surface area contributed by atoms with Gasteiger partial charge in [0.1, 0.15) is 0 Å². The number of aromatic nitrogens is 3. The van der Waals surface area contributed by atoms with Crippen molar-refractivity contribution in [1.82, 2.24) is 25.0 Å². The van der Waals surface area contributed by atoms with Gasteiger partial charge in [-0.05, 0) is 48.9 Å². The smallest absolute Gasteiger partial charge is 0.377 e. The SMILES string of the molecule is CCCCCCCC(=O)NCCOCCOCCNC(=O)c1ccc2c(c1)c1cn(C)nc1n2-c1ccc(C(F)(F)F)cc1. The fraction of sp³-hybridized carbons (Fsp3) is 0.469. The summed E-state index contributed by atoms with van der Waals surface area (Å²) in [6, 6.07) is 10.1. The van der Waals surface area contributed by atoms with E-state index in [1.54, 1.807) is 34.5 Å². The first-order valence-corrected chi connectivity index (χ1v) is 15.0. The zero-order valence-electron chi connectivity index (χ0n) is 25.2. The number of amides is 2. The Labute approximate surface area is 254 Å². The lowest BCUT2D eigenvalue weighted by molar-refractivity contribution is -0.137. The first kappa shape index (κ1) is 33.0. The van der Waals surface area contributed by atoms with E-state index in [1.807, 2.05) is 6.20 Å². The van der Waals surface area contributed by atoms with E-state index >= 15 is 0 Å². The number of nitrogens with one attached hydrogen (secondary N) is 2. The summed E-state index contributed by atoms with van der Waals surface area (Å²) >= 11 is 0. The van der Waals surface area contributed by atoms with E-state index in [9.17, 15) is 22.8 Å². The number of rotatable bonds is 17. The van der Waals surface area contributed by atoms with Crippen LogP contribution in [0.3, 0.4) is 0 Å². The molecule has 12 heteroatoms. The van der Waals surface area contributed by atoms with Crippen LogP contribution in [0.1, 0.15) is 61.4 Å². The molecule has 0 aliphatic carbocycles. The van der Waals surface area contributed by atoms with Crippen molar-refractivity contribution in [3.8, 4) is 5.69 Å². The second-order valence-electron chi connectivity index (χ2n) is 10.6. The molecular formula is C32H40F3N5O4. The predicted octanol–water partition coefficient (Wildman–Crippen LogP) is 5.78. The Morgan fingerprint density at radius 2 is 1.55 bits per heavy atom. The molecule has 4 aromatic rings. The number of halogens is 3. The number of hydrogen-bond acceptors (Lipinski definition) is 5. The Morgan fingerprint density at radius 1 is 0.864 bits per heavy atom. The van der Waals surface area contributed by atoms with Crippen LogP contribution in [0.25, 0.3) is 27.6 Å². The summed E-state index contributed by atoms with van der Waals surface area (Å²) in [4.78, 5) is 24.7. The highest BCUT2D eigenvalue weighted by Crippen LogP contribution is 2.34. The van der Waals surface area contributed by atoms with Crippen LogP contribution in [-0.2, 0) is 27.5 Å². The number of carbonyl (C=O) groups is 2. The average Bonchev–Trinajstić information content (AvgIpc) is 3.51. The first-order chi connectivity index (χ1) is 21.2. The van der Waals surface area contributed by atoms with Gasteiger partial charge in [-0.15, -0.1) is 0 Å². The van der Waals surface area contributed by atoms with Crippen molar-refractivity contribution in [3.63, 3.8) is 0 Å². The maximum Gasteiger partial charge on any atom is 0.416 e. The lowest BCUT2D eigenvalue weighted by Crippen LogP contribution is -2.28. The van der Waals surface area contributed by atoms with Crippen molar-refractivity contribution in [2.24, 2.45) is 7.05 Å². The molecule has 0 spiro atoms. The molecule has 0 fully saturated rings. The van der Waals surface area contributed by atoms with Gasteiger partial charge in [-0.3, -0.25) is 18.8 Å². The normalized spacial score (nSPS) is 11.8. The quantitative estimate of drug-likeness (QED) is 0.147. The number of alkyl halides is 3. The minimum Gasteiger partial charge on any atom is -0.377 e. The van der Waals surface area contributed by atoms with Gasteiger partial charge in [0.15, 0.2) is 5.65 Å². The molecule has 0 unspecified atom stereocenters. The molecule has 0 atom stereocenters. The molecule has 0 bridgehead atoms. The molecule has 2 aromatic carbocycles. The zero-order valence-corrected chi connectivity index (χ0v) is 25.2. The number of unbranched alkanes of at least 4 members (excludes halogenated alkanes) is 4. The maximum absolute atomic E-state index is 13.1. The summed E-state index contributed by atoms with van der Waals surface area (Å²) in [7, 11) is 1.76. The highest BCUT2D eigenvalue weighted by molar-refractivity contribution is 6.10. The number of ether oxygens (including phenoxy) is 2. The van der Waals surface area contributed by atoms with Gasteiger partial charge >= 0.3 is 6.18 Å². The van der Waals surface area contributed by atoms with Crippen LogP contribution in [0.5, 0.6) is 0 Å². The number of benzene rings is 2. The van der Waals surface area contributed by atoms with Crippen LogP contribution in [0.2, 0.25) is 0 Å². The van der Waals surface area contributed by atoms with Gasteiger partial charge < -0.3 is 20.1 Å². The van der Waals surface area contributed by atoms with E-state index in [2.05, 4.69) is 22.7 Å². The summed E-state index contributed by atoms with van der Waals surface area (Å²) in [5.41, 5.74) is 1.56. The van der Waals surface area contributed by atoms with Gasteiger partial charge in [-0.1, -0.05) is 32.6 Å². The summed E-state index contributed by atoms with van der Waals surface area (Å²) < 4.78 is 53.7. The lowest BCUT2D eigenvalue weighted by Gasteiger charge is -2.10. The summed E-state index contributed by atoms with van der Waals surface area (Å²) in [6.45, 7) is 4.40. The fourth-order valence-corrected chi connectivity index (χ4v) is 5.00. The van der Waals surface area contributed by atoms with Crippen molar-refractivity contribution >= 4 is 33.8 Å². The van der Waals surface area contributed by atoms with Crippen LogP contribution in [0.4, 0.5) is 13.2 Å². The van der Waals surface area contributed by atoms with Crippen molar-refractivity contribution in [3.05, 3.63) is 59.8 Å². The molecule has 44 heavy (non-hydrogen) atoms. The van der Waals surface area contributed by atoms with Crippen LogP contribution >= 0.6 is 0 Å². The molecule has 0 aliphatic heterocycles. The summed E-state index contributed by atoms with van der Waals surface area (Å²) in [5, 5.41) is 11.7. The van der Waals surface area contributed by atoms with Crippen LogP contribution in [0, 0.1) is 0 Å². The average molecular weight is 616 g/mol. The second-order valence-corrected chi connectivity index (χ2v) is 10.6. The van der Waals surface area contributed by atoms with E-state index in [0.717, 1.165) is 41.3 Å². The van der Waals surface area contributed by atoms with Crippen molar-refractivity contribution in [1.29, 1.82) is 0 Å². The van der Waals surface area contributed by atoms with E-state index < -0.39 is 11.7 Å². The highest BCUT2D eigenvalue weighted by Gasteiger charge is 2.30. The number of nitrogens with zero attached hydrogens (tertiary/aromatic N) is 3. The standard InChI is InChI=1S/C32H40F3N5O4/c1-3-4-5-6-7-8-29(41)36-15-17-43-19-20-44-18-16-37-31(42)23-9-14-28-26(21-23)27-22-39(2)38-30(27)40(28)25-12-10-24(11-13-25)32(33,34)35/h9-14,21-22H,3-8,15-20H2,1-2H3,(H,36,41)(H,37,42).